The summed E-state index contributed by atoms with van der Waals surface area (Å²) in [5.41, 5.74) is 3.10. The van der Waals surface area contributed by atoms with E-state index in [9.17, 15) is 9.59 Å². The number of piperidine rings is 1. The van der Waals surface area contributed by atoms with Crippen molar-refractivity contribution in [2.24, 2.45) is 0 Å². The van der Waals surface area contributed by atoms with Gasteiger partial charge in [0.25, 0.3) is 5.91 Å². The largest absolute Gasteiger partial charge is 0.478 e. The van der Waals surface area contributed by atoms with Crippen LogP contribution in [0.1, 0.15) is 70.9 Å². The molecule has 0 saturated carbocycles. The second-order valence-electron chi connectivity index (χ2n) is 7.29. The number of aromatic nitrogens is 3. The zero-order valence-corrected chi connectivity index (χ0v) is 15.8. The van der Waals surface area contributed by atoms with Crippen LogP contribution < -0.4 is 0 Å². The number of carboxylic acid groups (broad SMARTS) is 1. The molecule has 1 N–H and O–H groups in total. The Labute approximate surface area is 153 Å². The highest BCUT2D eigenvalue weighted by Crippen LogP contribution is 2.26. The number of carbonyl (C=O) groups is 2. The van der Waals surface area contributed by atoms with Crippen LogP contribution in [0.15, 0.2) is 18.5 Å². The summed E-state index contributed by atoms with van der Waals surface area (Å²) in [5, 5.41) is 13.2. The van der Waals surface area contributed by atoms with Crippen LogP contribution in [-0.4, -0.2) is 49.3 Å². The van der Waals surface area contributed by atoms with Crippen molar-refractivity contribution in [3.8, 4) is 0 Å². The molecule has 26 heavy (non-hydrogen) atoms. The molecule has 0 spiro atoms. The van der Waals surface area contributed by atoms with Crippen molar-refractivity contribution in [2.75, 3.05) is 13.1 Å². The summed E-state index contributed by atoms with van der Waals surface area (Å²) in [6, 6.07) is 2.44. The van der Waals surface area contributed by atoms with E-state index in [4.69, 9.17) is 5.11 Å². The lowest BCUT2D eigenvalue weighted by Gasteiger charge is -2.32. The molecule has 0 radical (unpaired) electrons. The first-order chi connectivity index (χ1) is 12.3. The number of carbonyl (C=O) groups excluding carboxylic acids is 1. The lowest BCUT2D eigenvalue weighted by molar-refractivity contribution is 0.0687. The highest BCUT2D eigenvalue weighted by molar-refractivity contribution is 5.95. The number of likely N-dealkylation sites (tertiary alicyclic amines) is 1. The molecule has 1 amide bonds. The topological polar surface area (TPSA) is 80.4 Å². The van der Waals surface area contributed by atoms with E-state index in [1.54, 1.807) is 10.9 Å². The quantitative estimate of drug-likeness (QED) is 0.911. The average Bonchev–Trinajstić information content (AvgIpc) is 3.19. The summed E-state index contributed by atoms with van der Waals surface area (Å²) in [4.78, 5) is 25.8. The Hall–Kier alpha value is -2.57. The van der Waals surface area contributed by atoms with Crippen LogP contribution in [0, 0.1) is 13.8 Å². The third kappa shape index (κ3) is 3.25. The van der Waals surface area contributed by atoms with E-state index in [2.05, 4.69) is 23.5 Å². The van der Waals surface area contributed by atoms with Crippen molar-refractivity contribution >= 4 is 11.9 Å². The molecule has 0 atom stereocenters. The van der Waals surface area contributed by atoms with Crippen LogP contribution in [0.4, 0.5) is 0 Å². The molecular weight excluding hydrogens is 332 g/mol. The molecular formula is C19H26N4O3. The molecule has 1 aliphatic heterocycles. The standard InChI is InChI=1S/C19H26N4O3/c1-12(2)23-13(3)9-17(14(23)4)18(24)21-7-5-16(6-8-21)22-11-15(10-20-22)19(25)26/h9-12,16H,5-8H2,1-4H3,(H,25,26). The molecule has 1 fully saturated rings. The van der Waals surface area contributed by atoms with E-state index >= 15 is 0 Å². The van der Waals surface area contributed by atoms with E-state index in [1.165, 1.54) is 6.20 Å². The number of hydrogen-bond donors (Lipinski definition) is 1. The number of aromatic carboxylic acids is 1. The lowest BCUT2D eigenvalue weighted by Crippen LogP contribution is -2.39. The fraction of sp³-hybridized carbons (Fsp3) is 0.526. The molecule has 1 saturated heterocycles. The molecule has 140 valence electrons. The number of amides is 1. The van der Waals surface area contributed by atoms with Gasteiger partial charge in [0.1, 0.15) is 0 Å². The van der Waals surface area contributed by atoms with E-state index in [-0.39, 0.29) is 17.5 Å². The Kier molecular flexibility index (Phi) is 4.89. The second kappa shape index (κ2) is 6.97. The van der Waals surface area contributed by atoms with Crippen LogP contribution in [0.5, 0.6) is 0 Å². The average molecular weight is 358 g/mol. The first-order valence-electron chi connectivity index (χ1n) is 9.04. The van der Waals surface area contributed by atoms with Crippen LogP contribution in [0.3, 0.4) is 0 Å². The van der Waals surface area contributed by atoms with Gasteiger partial charge in [-0.25, -0.2) is 4.79 Å². The molecule has 3 heterocycles. The Bertz CT molecular complexity index is 826. The fourth-order valence-electron chi connectivity index (χ4n) is 3.94. The Morgan fingerprint density at radius 2 is 1.88 bits per heavy atom. The van der Waals surface area contributed by atoms with Crippen molar-refractivity contribution in [3.05, 3.63) is 41.0 Å². The van der Waals surface area contributed by atoms with Crippen molar-refractivity contribution in [3.63, 3.8) is 0 Å². The maximum absolute atomic E-state index is 13.0. The monoisotopic (exact) mass is 358 g/mol. The maximum atomic E-state index is 13.0. The zero-order chi connectivity index (χ0) is 19.0. The summed E-state index contributed by atoms with van der Waals surface area (Å²) in [5.74, 6) is -0.889. The van der Waals surface area contributed by atoms with Gasteiger partial charge in [-0.2, -0.15) is 5.10 Å². The van der Waals surface area contributed by atoms with Gasteiger partial charge in [0.05, 0.1) is 23.4 Å². The molecule has 7 heteroatoms. The van der Waals surface area contributed by atoms with E-state index in [0.717, 1.165) is 29.8 Å². The Balaban J connectivity index is 1.69. The van der Waals surface area contributed by atoms with Crippen molar-refractivity contribution in [1.82, 2.24) is 19.2 Å². The minimum atomic E-state index is -0.968. The van der Waals surface area contributed by atoms with Gasteiger partial charge in [-0.3, -0.25) is 9.48 Å². The number of hydrogen-bond acceptors (Lipinski definition) is 3. The van der Waals surface area contributed by atoms with Crippen LogP contribution in [-0.2, 0) is 0 Å². The van der Waals surface area contributed by atoms with Gasteiger partial charge in [-0.15, -0.1) is 0 Å². The van der Waals surface area contributed by atoms with Crippen LogP contribution in [0.25, 0.3) is 0 Å². The summed E-state index contributed by atoms with van der Waals surface area (Å²) in [6.07, 6.45) is 4.49. The third-order valence-corrected chi connectivity index (χ3v) is 5.21. The lowest BCUT2D eigenvalue weighted by atomic mass is 10.0. The zero-order valence-electron chi connectivity index (χ0n) is 15.8. The smallest absolute Gasteiger partial charge is 0.338 e. The van der Waals surface area contributed by atoms with Gasteiger partial charge < -0.3 is 14.6 Å². The second-order valence-corrected chi connectivity index (χ2v) is 7.29. The molecule has 0 aromatic carbocycles. The first-order valence-corrected chi connectivity index (χ1v) is 9.04. The first kappa shape index (κ1) is 18.2. The fourth-order valence-corrected chi connectivity index (χ4v) is 3.94. The number of carboxylic acids is 1. The highest BCUT2D eigenvalue weighted by atomic mass is 16.4. The summed E-state index contributed by atoms with van der Waals surface area (Å²) >= 11 is 0. The summed E-state index contributed by atoms with van der Waals surface area (Å²) in [7, 11) is 0. The third-order valence-electron chi connectivity index (χ3n) is 5.21. The van der Waals surface area contributed by atoms with Crippen LogP contribution >= 0.6 is 0 Å². The van der Waals surface area contributed by atoms with Gasteiger partial charge in [0.2, 0.25) is 0 Å². The number of nitrogens with zero attached hydrogens (tertiary/aromatic N) is 4. The SMILES string of the molecule is Cc1cc(C(=O)N2CCC(n3cc(C(=O)O)cn3)CC2)c(C)n1C(C)C. The molecule has 0 aliphatic carbocycles. The summed E-state index contributed by atoms with van der Waals surface area (Å²) < 4.78 is 3.91. The van der Waals surface area contributed by atoms with Gasteiger partial charge in [0, 0.05) is 36.7 Å². The van der Waals surface area contributed by atoms with Gasteiger partial charge in [-0.05, 0) is 46.6 Å². The number of aryl methyl sites for hydroxylation is 1. The van der Waals surface area contributed by atoms with Crippen molar-refractivity contribution in [1.29, 1.82) is 0 Å². The van der Waals surface area contributed by atoms with Gasteiger partial charge in [0.15, 0.2) is 0 Å². The highest BCUT2D eigenvalue weighted by Gasteiger charge is 2.27. The molecule has 2 aromatic rings. The molecule has 0 bridgehead atoms. The predicted octanol–water partition coefficient (Wildman–Crippen LogP) is 3.06. The Morgan fingerprint density at radius 3 is 2.38 bits per heavy atom. The molecule has 0 unspecified atom stereocenters. The maximum Gasteiger partial charge on any atom is 0.338 e. The van der Waals surface area contributed by atoms with Crippen molar-refractivity contribution in [2.45, 2.75) is 52.6 Å². The Morgan fingerprint density at radius 1 is 1.23 bits per heavy atom. The summed E-state index contributed by atoms with van der Waals surface area (Å²) in [6.45, 7) is 9.58. The molecule has 1 aliphatic rings. The van der Waals surface area contributed by atoms with Crippen LogP contribution in [0.2, 0.25) is 0 Å². The minimum Gasteiger partial charge on any atom is -0.478 e. The van der Waals surface area contributed by atoms with E-state index < -0.39 is 5.97 Å². The van der Waals surface area contributed by atoms with E-state index in [0.29, 0.717) is 19.1 Å². The normalized spacial score (nSPS) is 15.7. The van der Waals surface area contributed by atoms with Gasteiger partial charge in [-0.1, -0.05) is 0 Å². The molecule has 2 aromatic heterocycles. The predicted molar refractivity (Wildman–Crippen MR) is 97.7 cm³/mol. The molecule has 3 rings (SSSR count). The van der Waals surface area contributed by atoms with Crippen molar-refractivity contribution < 1.29 is 14.7 Å². The molecule has 7 nitrogen and oxygen atoms in total. The minimum absolute atomic E-state index is 0.0788. The van der Waals surface area contributed by atoms with Gasteiger partial charge >= 0.3 is 5.97 Å². The number of rotatable bonds is 4. The van der Waals surface area contributed by atoms with E-state index in [1.807, 2.05) is 24.8 Å².